The van der Waals surface area contributed by atoms with Crippen molar-refractivity contribution in [3.05, 3.63) is 22.8 Å². The second kappa shape index (κ2) is 5.08. The lowest BCUT2D eigenvalue weighted by Gasteiger charge is -2.14. The second-order valence-corrected chi connectivity index (χ2v) is 3.49. The van der Waals surface area contributed by atoms with Gasteiger partial charge >= 0.3 is 0 Å². The van der Waals surface area contributed by atoms with E-state index < -0.39 is 0 Å². The van der Waals surface area contributed by atoms with Gasteiger partial charge in [-0.3, -0.25) is 9.97 Å². The predicted octanol–water partition coefficient (Wildman–Crippen LogP) is 3.00. The Labute approximate surface area is 86.8 Å². The first-order valence-corrected chi connectivity index (χ1v) is 5.60. The molecular formula is C12H20N2. The molecule has 14 heavy (non-hydrogen) atoms. The molecular weight excluding hydrogens is 172 g/mol. The maximum Gasteiger partial charge on any atom is 0.0622 e. The van der Waals surface area contributed by atoms with Crippen LogP contribution in [0.2, 0.25) is 0 Å². The van der Waals surface area contributed by atoms with Crippen LogP contribution in [-0.4, -0.2) is 9.97 Å². The summed E-state index contributed by atoms with van der Waals surface area (Å²) in [6.45, 7) is 8.08. The number of hydrogen-bond donors (Lipinski definition) is 0. The van der Waals surface area contributed by atoms with Crippen LogP contribution in [0.25, 0.3) is 0 Å². The molecule has 0 fully saturated rings. The number of fused-ring (bicyclic) bond motifs is 1. The zero-order valence-corrected chi connectivity index (χ0v) is 9.72. The van der Waals surface area contributed by atoms with Gasteiger partial charge in [0, 0.05) is 0 Å². The third-order valence-corrected chi connectivity index (χ3v) is 2.54. The molecule has 1 aromatic heterocycles. The quantitative estimate of drug-likeness (QED) is 0.631. The van der Waals surface area contributed by atoms with Gasteiger partial charge in [0.2, 0.25) is 0 Å². The number of nitrogens with zero attached hydrogens (tertiary/aromatic N) is 2. The Morgan fingerprint density at radius 3 is 1.50 bits per heavy atom. The van der Waals surface area contributed by atoms with E-state index in [9.17, 15) is 0 Å². The summed E-state index contributed by atoms with van der Waals surface area (Å²) < 4.78 is 0. The molecule has 0 radical (unpaired) electrons. The van der Waals surface area contributed by atoms with Gasteiger partial charge in [0.25, 0.3) is 0 Å². The van der Waals surface area contributed by atoms with Crippen molar-refractivity contribution in [1.82, 2.24) is 9.97 Å². The first kappa shape index (κ1) is 11.2. The van der Waals surface area contributed by atoms with Gasteiger partial charge in [-0.2, -0.15) is 0 Å². The monoisotopic (exact) mass is 192 g/mol. The Kier molecular flexibility index (Phi) is 4.05. The van der Waals surface area contributed by atoms with Gasteiger partial charge in [-0.1, -0.05) is 13.8 Å². The van der Waals surface area contributed by atoms with E-state index in [4.69, 9.17) is 0 Å². The van der Waals surface area contributed by atoms with E-state index in [1.54, 1.807) is 0 Å². The molecule has 0 bridgehead atoms. The molecule has 0 saturated heterocycles. The van der Waals surface area contributed by atoms with E-state index >= 15 is 0 Å². The molecule has 0 saturated carbocycles. The molecule has 0 amide bonds. The molecule has 1 aliphatic rings. The summed E-state index contributed by atoms with van der Waals surface area (Å²) in [7, 11) is 0. The highest BCUT2D eigenvalue weighted by Crippen LogP contribution is 2.18. The topological polar surface area (TPSA) is 25.8 Å². The third-order valence-electron chi connectivity index (χ3n) is 2.54. The molecule has 0 N–H and O–H groups in total. The van der Waals surface area contributed by atoms with Crippen molar-refractivity contribution < 1.29 is 0 Å². The summed E-state index contributed by atoms with van der Waals surface area (Å²) in [5.74, 6) is 0. The lowest BCUT2D eigenvalue weighted by atomic mass is 10.0. The standard InChI is InChI=1S/C10H14N2.C2H6/c1-7-8(2)12-10-6-4-3-5-9(10)11-7;1-2/h3-6H2,1-2H3;1-2H3. The first-order chi connectivity index (χ1) is 6.77. The van der Waals surface area contributed by atoms with Crippen LogP contribution in [0.4, 0.5) is 0 Å². The molecule has 2 nitrogen and oxygen atoms in total. The largest absolute Gasteiger partial charge is 0.254 e. The van der Waals surface area contributed by atoms with E-state index in [0.717, 1.165) is 24.2 Å². The van der Waals surface area contributed by atoms with Gasteiger partial charge in [-0.05, 0) is 39.5 Å². The SMILES string of the molecule is CC.Cc1nc2c(nc1C)CCCC2. The van der Waals surface area contributed by atoms with Crippen molar-refractivity contribution in [3.8, 4) is 0 Å². The minimum Gasteiger partial charge on any atom is -0.254 e. The van der Waals surface area contributed by atoms with E-state index in [1.165, 1.54) is 24.2 Å². The Hall–Kier alpha value is -0.920. The van der Waals surface area contributed by atoms with Crippen LogP contribution >= 0.6 is 0 Å². The summed E-state index contributed by atoms with van der Waals surface area (Å²) in [6.07, 6.45) is 4.82. The molecule has 0 atom stereocenters. The molecule has 78 valence electrons. The summed E-state index contributed by atoms with van der Waals surface area (Å²) in [5, 5.41) is 0. The van der Waals surface area contributed by atoms with Crippen LogP contribution in [0.15, 0.2) is 0 Å². The Morgan fingerprint density at radius 2 is 1.14 bits per heavy atom. The van der Waals surface area contributed by atoms with Crippen LogP contribution in [-0.2, 0) is 12.8 Å². The van der Waals surface area contributed by atoms with Gasteiger partial charge < -0.3 is 0 Å². The molecule has 0 unspecified atom stereocenters. The molecule has 0 aromatic carbocycles. The first-order valence-electron chi connectivity index (χ1n) is 5.60. The highest BCUT2D eigenvalue weighted by atomic mass is 14.8. The normalized spacial score (nSPS) is 14.0. The van der Waals surface area contributed by atoms with E-state index in [0.29, 0.717) is 0 Å². The number of aryl methyl sites for hydroxylation is 4. The Bertz CT molecular complexity index is 274. The van der Waals surface area contributed by atoms with Crippen molar-refractivity contribution in [2.45, 2.75) is 53.4 Å². The van der Waals surface area contributed by atoms with E-state index in [2.05, 4.69) is 9.97 Å². The summed E-state index contributed by atoms with van der Waals surface area (Å²) in [6, 6.07) is 0. The predicted molar refractivity (Wildman–Crippen MR) is 59.5 cm³/mol. The zero-order valence-electron chi connectivity index (χ0n) is 9.72. The van der Waals surface area contributed by atoms with Crippen LogP contribution in [0.3, 0.4) is 0 Å². The lowest BCUT2D eigenvalue weighted by Crippen LogP contribution is -2.10. The van der Waals surface area contributed by atoms with Crippen molar-refractivity contribution in [2.75, 3.05) is 0 Å². The maximum absolute atomic E-state index is 4.55. The van der Waals surface area contributed by atoms with Gasteiger partial charge in [0.15, 0.2) is 0 Å². The third kappa shape index (κ3) is 2.31. The number of aromatic nitrogens is 2. The fourth-order valence-electron chi connectivity index (χ4n) is 1.68. The van der Waals surface area contributed by atoms with Crippen molar-refractivity contribution >= 4 is 0 Å². The van der Waals surface area contributed by atoms with E-state index in [-0.39, 0.29) is 0 Å². The molecule has 2 heteroatoms. The van der Waals surface area contributed by atoms with Crippen LogP contribution < -0.4 is 0 Å². The van der Waals surface area contributed by atoms with E-state index in [1.807, 2.05) is 27.7 Å². The summed E-state index contributed by atoms with van der Waals surface area (Å²) in [5.41, 5.74) is 4.67. The van der Waals surface area contributed by atoms with Gasteiger partial charge in [0.1, 0.15) is 0 Å². The minimum absolute atomic E-state index is 1.09. The zero-order chi connectivity index (χ0) is 10.6. The minimum atomic E-state index is 1.09. The summed E-state index contributed by atoms with van der Waals surface area (Å²) >= 11 is 0. The molecule has 0 aliphatic heterocycles. The average Bonchev–Trinajstić information content (AvgIpc) is 2.23. The molecule has 0 spiro atoms. The fourth-order valence-corrected chi connectivity index (χ4v) is 1.68. The highest BCUT2D eigenvalue weighted by Gasteiger charge is 2.12. The van der Waals surface area contributed by atoms with Crippen LogP contribution in [0.5, 0.6) is 0 Å². The van der Waals surface area contributed by atoms with Crippen molar-refractivity contribution in [1.29, 1.82) is 0 Å². The Morgan fingerprint density at radius 1 is 0.786 bits per heavy atom. The number of rotatable bonds is 0. The van der Waals surface area contributed by atoms with Crippen molar-refractivity contribution in [2.24, 2.45) is 0 Å². The molecule has 2 rings (SSSR count). The van der Waals surface area contributed by atoms with Gasteiger partial charge in [0.05, 0.1) is 22.8 Å². The highest BCUT2D eigenvalue weighted by molar-refractivity contribution is 5.20. The number of hydrogen-bond acceptors (Lipinski definition) is 2. The Balaban J connectivity index is 0.000000461. The van der Waals surface area contributed by atoms with Gasteiger partial charge in [-0.25, -0.2) is 0 Å². The fraction of sp³-hybridized carbons (Fsp3) is 0.667. The second-order valence-electron chi connectivity index (χ2n) is 3.49. The van der Waals surface area contributed by atoms with Crippen LogP contribution in [0, 0.1) is 13.8 Å². The molecule has 1 heterocycles. The maximum atomic E-state index is 4.55. The van der Waals surface area contributed by atoms with Crippen molar-refractivity contribution in [3.63, 3.8) is 0 Å². The van der Waals surface area contributed by atoms with Gasteiger partial charge in [-0.15, -0.1) is 0 Å². The summed E-state index contributed by atoms with van der Waals surface area (Å²) in [4.78, 5) is 9.10. The average molecular weight is 192 g/mol. The smallest absolute Gasteiger partial charge is 0.0622 e. The molecule has 1 aliphatic carbocycles. The molecule has 1 aromatic rings. The lowest BCUT2D eigenvalue weighted by molar-refractivity contribution is 0.642. The van der Waals surface area contributed by atoms with Crippen LogP contribution in [0.1, 0.15) is 49.5 Å².